The molecule has 0 N–H and O–H groups in total. The van der Waals surface area contributed by atoms with Crippen molar-refractivity contribution in [3.8, 4) is 11.8 Å². The molecule has 5 aliphatic heterocycles. The summed E-state index contributed by atoms with van der Waals surface area (Å²) in [6, 6.07) is 16.0. The lowest BCUT2D eigenvalue weighted by atomic mass is 9.92. The maximum Gasteiger partial charge on any atom is 0.262 e. The Balaban J connectivity index is 0.755. The summed E-state index contributed by atoms with van der Waals surface area (Å²) >= 11 is 0. The van der Waals surface area contributed by atoms with E-state index < -0.39 is 23.8 Å². The number of hydrogen-bond acceptors (Lipinski definition) is 9. The highest BCUT2D eigenvalue weighted by atomic mass is 16.5. The molecule has 6 aliphatic rings. The van der Waals surface area contributed by atoms with Crippen molar-refractivity contribution >= 4 is 35.4 Å². The standard InChI is InChI=1S/C45H46N6O7/c1-26-17-35(7-3-29(26)21-46)58-34-8-5-33(6-9-34)50-25-32-18-28(4-10-36(32)42(50)54)41(53)49-15-13-27(14-16-49)22-48-23-30-19-37-38(20-31(30)24-48)44(56)51(43(37)55)39-11-12-40(52)47(2)45(39)57/h3-4,7,10,17-20,27,33-34,39H,5-6,8-9,11-16,22-25H2,1-2H3/t33-,34-,39?. The molecule has 3 aromatic carbocycles. The first-order valence-electron chi connectivity index (χ1n) is 20.4. The number of likely N-dealkylation sites (tertiary alicyclic amines) is 2. The van der Waals surface area contributed by atoms with Gasteiger partial charge in [0.25, 0.3) is 29.5 Å². The Morgan fingerprint density at radius 2 is 1.47 bits per heavy atom. The number of hydrogen-bond donors (Lipinski definition) is 0. The number of likely N-dealkylation sites (N-methyl/N-ethyl adjacent to an activating group) is 1. The van der Waals surface area contributed by atoms with Crippen molar-refractivity contribution in [2.75, 3.05) is 26.7 Å². The number of amides is 6. The number of fused-ring (bicyclic) bond motifs is 3. The minimum absolute atomic E-state index is 0.0116. The van der Waals surface area contributed by atoms with Gasteiger partial charge in [-0.1, -0.05) is 0 Å². The molecule has 13 heteroatoms. The molecule has 0 spiro atoms. The van der Waals surface area contributed by atoms with Crippen LogP contribution in [0.25, 0.3) is 0 Å². The van der Waals surface area contributed by atoms with Gasteiger partial charge in [0.1, 0.15) is 11.8 Å². The van der Waals surface area contributed by atoms with Gasteiger partial charge in [-0.25, -0.2) is 0 Å². The van der Waals surface area contributed by atoms with E-state index in [1.165, 1.54) is 7.05 Å². The highest BCUT2D eigenvalue weighted by molar-refractivity contribution is 6.23. The fourth-order valence-electron chi connectivity index (χ4n) is 9.92. The third-order valence-electron chi connectivity index (χ3n) is 13.3. The van der Waals surface area contributed by atoms with Crippen LogP contribution in [-0.2, 0) is 29.2 Å². The Hall–Kier alpha value is -5.87. The van der Waals surface area contributed by atoms with E-state index in [1.807, 2.05) is 41.0 Å². The van der Waals surface area contributed by atoms with Crippen LogP contribution in [0.2, 0.25) is 0 Å². The van der Waals surface area contributed by atoms with Crippen LogP contribution in [0.5, 0.6) is 5.75 Å². The average molecular weight is 783 g/mol. The number of nitrogens with zero attached hydrogens (tertiary/aromatic N) is 6. The van der Waals surface area contributed by atoms with Crippen LogP contribution in [0.1, 0.15) is 121 Å². The summed E-state index contributed by atoms with van der Waals surface area (Å²) in [5.74, 6) is -0.623. The first-order chi connectivity index (χ1) is 28.0. The number of piperidine rings is 2. The van der Waals surface area contributed by atoms with Crippen LogP contribution in [0.15, 0.2) is 48.5 Å². The molecule has 1 aliphatic carbocycles. The largest absolute Gasteiger partial charge is 0.490 e. The average Bonchev–Trinajstić information content (AvgIpc) is 3.86. The molecule has 13 nitrogen and oxygen atoms in total. The van der Waals surface area contributed by atoms with Crippen molar-refractivity contribution in [1.29, 1.82) is 5.26 Å². The maximum atomic E-state index is 13.7. The van der Waals surface area contributed by atoms with Crippen LogP contribution in [-0.4, -0.2) is 105 Å². The van der Waals surface area contributed by atoms with Crippen molar-refractivity contribution in [1.82, 2.24) is 24.5 Å². The summed E-state index contributed by atoms with van der Waals surface area (Å²) < 4.78 is 6.24. The third kappa shape index (κ3) is 6.63. The van der Waals surface area contributed by atoms with Crippen molar-refractivity contribution < 1.29 is 33.5 Å². The summed E-state index contributed by atoms with van der Waals surface area (Å²) in [5, 5.41) is 9.22. The van der Waals surface area contributed by atoms with Crippen LogP contribution in [0.3, 0.4) is 0 Å². The van der Waals surface area contributed by atoms with Gasteiger partial charge in [0, 0.05) is 69.9 Å². The quantitative estimate of drug-likeness (QED) is 0.307. The smallest absolute Gasteiger partial charge is 0.262 e. The minimum atomic E-state index is -0.966. The molecule has 2 saturated heterocycles. The van der Waals surface area contributed by atoms with Gasteiger partial charge in [-0.15, -0.1) is 0 Å². The topological polar surface area (TPSA) is 152 Å². The van der Waals surface area contributed by atoms with Gasteiger partial charge in [0.05, 0.1) is 28.9 Å². The van der Waals surface area contributed by atoms with Gasteiger partial charge in [-0.2, -0.15) is 5.26 Å². The Morgan fingerprint density at radius 3 is 2.12 bits per heavy atom. The molecule has 9 rings (SSSR count). The molecule has 3 fully saturated rings. The second-order valence-corrected chi connectivity index (χ2v) is 16.8. The highest BCUT2D eigenvalue weighted by Crippen LogP contribution is 2.36. The zero-order valence-electron chi connectivity index (χ0n) is 32.9. The first-order valence-corrected chi connectivity index (χ1v) is 20.4. The first kappa shape index (κ1) is 37.7. The molecule has 1 atom stereocenters. The van der Waals surface area contributed by atoms with Gasteiger partial charge in [0.15, 0.2) is 0 Å². The SMILES string of the molecule is Cc1cc(O[C@H]2CC[C@H](N3Cc4cc(C(=O)N5CCC(CN6Cc7cc8c(cc7C6)C(=O)N(C6CCC(=O)N(C)C6=O)C8=O)CC5)ccc4C3=O)CC2)ccc1C#N. The lowest BCUT2D eigenvalue weighted by molar-refractivity contribution is -0.149. The zero-order chi connectivity index (χ0) is 40.4. The van der Waals surface area contributed by atoms with E-state index in [4.69, 9.17) is 4.74 Å². The molecule has 0 aromatic heterocycles. The lowest BCUT2D eigenvalue weighted by Crippen LogP contribution is -2.54. The summed E-state index contributed by atoms with van der Waals surface area (Å²) in [5.41, 5.74) is 6.37. The number of benzene rings is 3. The van der Waals surface area contributed by atoms with E-state index in [-0.39, 0.29) is 42.7 Å². The van der Waals surface area contributed by atoms with Crippen LogP contribution in [0.4, 0.5) is 0 Å². The fraction of sp³-hybridized carbons (Fsp3) is 0.444. The summed E-state index contributed by atoms with van der Waals surface area (Å²) in [7, 11) is 1.39. The fourth-order valence-corrected chi connectivity index (χ4v) is 9.92. The Kier molecular flexibility index (Phi) is 9.63. The summed E-state index contributed by atoms with van der Waals surface area (Å²) in [6.07, 6.45) is 5.40. The molecule has 6 amide bonds. The Morgan fingerprint density at radius 1 is 0.776 bits per heavy atom. The predicted molar refractivity (Wildman–Crippen MR) is 209 cm³/mol. The Labute approximate surface area is 337 Å². The second-order valence-electron chi connectivity index (χ2n) is 16.8. The molecular weight excluding hydrogens is 737 g/mol. The van der Waals surface area contributed by atoms with Crippen molar-refractivity contribution in [2.45, 2.75) is 96.1 Å². The molecule has 5 heterocycles. The minimum Gasteiger partial charge on any atom is -0.490 e. The number of nitriles is 1. The zero-order valence-corrected chi connectivity index (χ0v) is 32.9. The summed E-state index contributed by atoms with van der Waals surface area (Å²) in [4.78, 5) is 87.1. The molecule has 3 aromatic rings. The number of aryl methyl sites for hydroxylation is 1. The molecule has 0 radical (unpaired) electrons. The normalized spacial score (nSPS) is 23.7. The number of imide groups is 2. The number of rotatable bonds is 7. The summed E-state index contributed by atoms with van der Waals surface area (Å²) in [6.45, 7) is 5.85. The van der Waals surface area contributed by atoms with Crippen LogP contribution >= 0.6 is 0 Å². The van der Waals surface area contributed by atoms with Crippen LogP contribution < -0.4 is 4.74 Å². The van der Waals surface area contributed by atoms with Gasteiger partial charge < -0.3 is 14.5 Å². The number of ether oxygens (including phenoxy) is 1. The van der Waals surface area contributed by atoms with E-state index in [1.54, 1.807) is 24.3 Å². The molecule has 1 saturated carbocycles. The van der Waals surface area contributed by atoms with Gasteiger partial charge in [-0.3, -0.25) is 43.5 Å². The van der Waals surface area contributed by atoms with E-state index in [0.29, 0.717) is 66.5 Å². The van der Waals surface area contributed by atoms with E-state index >= 15 is 0 Å². The molecule has 58 heavy (non-hydrogen) atoms. The van der Waals surface area contributed by atoms with Crippen molar-refractivity contribution in [3.63, 3.8) is 0 Å². The maximum absolute atomic E-state index is 13.7. The third-order valence-corrected chi connectivity index (χ3v) is 13.3. The van der Waals surface area contributed by atoms with Crippen molar-refractivity contribution in [2.24, 2.45) is 5.92 Å². The second kappa shape index (κ2) is 14.8. The molecule has 0 bridgehead atoms. The van der Waals surface area contributed by atoms with Crippen LogP contribution in [0, 0.1) is 24.2 Å². The number of carbonyl (C=O) groups is 6. The Bertz CT molecular complexity index is 2270. The van der Waals surface area contributed by atoms with E-state index in [2.05, 4.69) is 11.0 Å². The van der Waals surface area contributed by atoms with E-state index in [9.17, 15) is 34.0 Å². The van der Waals surface area contributed by atoms with Crippen molar-refractivity contribution in [3.05, 3.63) is 98.6 Å². The number of carbonyl (C=O) groups excluding carboxylic acids is 6. The highest BCUT2D eigenvalue weighted by Gasteiger charge is 2.47. The van der Waals surface area contributed by atoms with Gasteiger partial charge >= 0.3 is 0 Å². The lowest BCUT2D eigenvalue weighted by Gasteiger charge is -2.34. The molecule has 298 valence electrons. The van der Waals surface area contributed by atoms with Gasteiger partial charge in [0.2, 0.25) is 5.91 Å². The van der Waals surface area contributed by atoms with Gasteiger partial charge in [-0.05, 0) is 129 Å². The molecule has 1 unspecified atom stereocenters. The molecular formula is C45H46N6O7. The predicted octanol–water partition coefficient (Wildman–Crippen LogP) is 4.82. The van der Waals surface area contributed by atoms with E-state index in [0.717, 1.165) is 82.9 Å². The monoisotopic (exact) mass is 782 g/mol.